The van der Waals surface area contributed by atoms with E-state index in [9.17, 15) is 23.1 Å². The van der Waals surface area contributed by atoms with Crippen molar-refractivity contribution in [2.75, 3.05) is 12.8 Å². The molecule has 0 radical (unpaired) electrons. The highest BCUT2D eigenvalue weighted by molar-refractivity contribution is 7.85. The van der Waals surface area contributed by atoms with Crippen molar-refractivity contribution in [2.45, 2.75) is 45.3 Å². The summed E-state index contributed by atoms with van der Waals surface area (Å²) in [5, 5.41) is 14.1. The Labute approximate surface area is 229 Å². The van der Waals surface area contributed by atoms with Crippen LogP contribution in [0, 0.1) is 0 Å². The first kappa shape index (κ1) is 31.6. The number of esters is 2. The van der Waals surface area contributed by atoms with Crippen molar-refractivity contribution in [3.8, 4) is 11.5 Å². The third kappa shape index (κ3) is 12.7. The van der Waals surface area contributed by atoms with Gasteiger partial charge in [-0.3, -0.25) is 4.55 Å². The lowest BCUT2D eigenvalue weighted by molar-refractivity contribution is 0.0681. The molecule has 10 heteroatoms. The zero-order valence-electron chi connectivity index (χ0n) is 22.5. The standard InChI is InChI=1S/C28H31NO5.CH4O3S/c1-28(2,3)29-18-10-15-23(30)22-16-17-24(33-26(31)20-11-6-4-7-12-20)25(19-22)34-27(32)21-13-8-5-9-14-21;1-5(2,3)4/h4-9,11-14,16-17,19,23,29-30H,10,15,18H2,1-3H3;1H3,(H,2,3,4). The summed E-state index contributed by atoms with van der Waals surface area (Å²) in [7, 11) is -3.67. The number of ether oxygens (including phenoxy) is 2. The molecular formula is C29H35NO8S. The fourth-order valence-corrected chi connectivity index (χ4v) is 3.29. The third-order valence-electron chi connectivity index (χ3n) is 5.09. The second kappa shape index (κ2) is 14.5. The fourth-order valence-electron chi connectivity index (χ4n) is 3.29. The van der Waals surface area contributed by atoms with Gasteiger partial charge in [-0.1, -0.05) is 42.5 Å². The van der Waals surface area contributed by atoms with E-state index >= 15 is 0 Å². The highest BCUT2D eigenvalue weighted by Crippen LogP contribution is 2.33. The van der Waals surface area contributed by atoms with Gasteiger partial charge < -0.3 is 19.9 Å². The van der Waals surface area contributed by atoms with Crippen LogP contribution in [0.25, 0.3) is 0 Å². The fraction of sp³-hybridized carbons (Fsp3) is 0.310. The van der Waals surface area contributed by atoms with Crippen LogP contribution in [0.15, 0.2) is 78.9 Å². The van der Waals surface area contributed by atoms with Crippen LogP contribution in [-0.4, -0.2) is 48.4 Å². The van der Waals surface area contributed by atoms with Crippen LogP contribution in [0.3, 0.4) is 0 Å². The van der Waals surface area contributed by atoms with E-state index in [0.29, 0.717) is 29.4 Å². The zero-order valence-corrected chi connectivity index (χ0v) is 23.3. The average molecular weight is 558 g/mol. The number of carbonyl (C=O) groups is 2. The second-order valence-electron chi connectivity index (χ2n) is 9.79. The van der Waals surface area contributed by atoms with Gasteiger partial charge in [0.05, 0.1) is 23.5 Å². The molecule has 0 aliphatic carbocycles. The van der Waals surface area contributed by atoms with Gasteiger partial charge in [0.2, 0.25) is 0 Å². The lowest BCUT2D eigenvalue weighted by Crippen LogP contribution is -2.36. The molecule has 9 nitrogen and oxygen atoms in total. The first-order valence-electron chi connectivity index (χ1n) is 12.3. The molecule has 3 aromatic rings. The maximum absolute atomic E-state index is 12.7. The van der Waals surface area contributed by atoms with Crippen LogP contribution >= 0.6 is 0 Å². The van der Waals surface area contributed by atoms with Crippen molar-refractivity contribution in [3.05, 3.63) is 95.6 Å². The van der Waals surface area contributed by atoms with Crippen molar-refractivity contribution < 1.29 is 37.1 Å². The van der Waals surface area contributed by atoms with Gasteiger partial charge in [0.25, 0.3) is 10.1 Å². The van der Waals surface area contributed by atoms with Crippen LogP contribution in [-0.2, 0) is 10.1 Å². The Balaban J connectivity index is 0.000000976. The van der Waals surface area contributed by atoms with Crippen LogP contribution in [0.5, 0.6) is 11.5 Å². The predicted molar refractivity (Wildman–Crippen MR) is 149 cm³/mol. The molecule has 1 unspecified atom stereocenters. The maximum atomic E-state index is 12.7. The van der Waals surface area contributed by atoms with Gasteiger partial charge in [-0.25, -0.2) is 9.59 Å². The minimum atomic E-state index is -3.67. The van der Waals surface area contributed by atoms with Crippen LogP contribution < -0.4 is 14.8 Å². The Morgan fingerprint density at radius 2 is 1.31 bits per heavy atom. The Bertz CT molecular complexity index is 1310. The minimum Gasteiger partial charge on any atom is -0.419 e. The molecule has 3 N–H and O–H groups in total. The van der Waals surface area contributed by atoms with Gasteiger partial charge in [0.15, 0.2) is 11.5 Å². The van der Waals surface area contributed by atoms with Gasteiger partial charge in [0.1, 0.15) is 0 Å². The number of aliphatic hydroxyl groups excluding tert-OH is 1. The van der Waals surface area contributed by atoms with Crippen molar-refractivity contribution in [2.24, 2.45) is 0 Å². The molecule has 0 saturated carbocycles. The summed E-state index contributed by atoms with van der Waals surface area (Å²) in [5.41, 5.74) is 1.32. The molecular weight excluding hydrogens is 522 g/mol. The number of hydrogen-bond acceptors (Lipinski definition) is 8. The van der Waals surface area contributed by atoms with Crippen molar-refractivity contribution in [1.29, 1.82) is 0 Å². The molecule has 0 heterocycles. The molecule has 1 atom stereocenters. The third-order valence-corrected chi connectivity index (χ3v) is 5.09. The number of nitrogens with one attached hydrogen (secondary N) is 1. The van der Waals surface area contributed by atoms with Crippen molar-refractivity contribution in [1.82, 2.24) is 5.32 Å². The Kier molecular flexibility index (Phi) is 11.8. The number of rotatable bonds is 9. The van der Waals surface area contributed by atoms with Crippen molar-refractivity contribution in [3.63, 3.8) is 0 Å². The molecule has 0 aromatic heterocycles. The van der Waals surface area contributed by atoms with Gasteiger partial charge in [-0.05, 0) is 82.1 Å². The molecule has 0 aliphatic heterocycles. The average Bonchev–Trinajstić information content (AvgIpc) is 2.87. The van der Waals surface area contributed by atoms with E-state index in [2.05, 4.69) is 26.1 Å². The van der Waals surface area contributed by atoms with E-state index < -0.39 is 28.2 Å². The molecule has 210 valence electrons. The number of carbonyl (C=O) groups excluding carboxylic acids is 2. The topological polar surface area (TPSA) is 139 Å². The summed E-state index contributed by atoms with van der Waals surface area (Å²) in [6, 6.07) is 21.9. The Morgan fingerprint density at radius 1 is 0.846 bits per heavy atom. The summed E-state index contributed by atoms with van der Waals surface area (Å²) >= 11 is 0. The Hall–Kier alpha value is -3.57. The predicted octanol–water partition coefficient (Wildman–Crippen LogP) is 4.83. The molecule has 0 amide bonds. The first-order chi connectivity index (χ1) is 18.2. The number of hydrogen-bond donors (Lipinski definition) is 3. The van der Waals surface area contributed by atoms with Crippen LogP contribution in [0.4, 0.5) is 0 Å². The molecule has 0 bridgehead atoms. The van der Waals surface area contributed by atoms with Crippen LogP contribution in [0.1, 0.15) is 66.0 Å². The SMILES string of the molecule is CC(C)(C)NCCCC(O)c1ccc(OC(=O)c2ccccc2)c(OC(=O)c2ccccc2)c1.CS(=O)(=O)O. The highest BCUT2D eigenvalue weighted by atomic mass is 32.2. The molecule has 0 spiro atoms. The smallest absolute Gasteiger partial charge is 0.343 e. The van der Waals surface area contributed by atoms with E-state index in [1.54, 1.807) is 78.9 Å². The molecule has 3 rings (SSSR count). The first-order valence-corrected chi connectivity index (χ1v) is 14.1. The van der Waals surface area contributed by atoms with E-state index in [1.165, 1.54) is 0 Å². The summed E-state index contributed by atoms with van der Waals surface area (Å²) in [4.78, 5) is 25.3. The molecule has 0 aliphatic rings. The normalized spacial score (nSPS) is 12.1. The van der Waals surface area contributed by atoms with Gasteiger partial charge in [-0.2, -0.15) is 8.42 Å². The molecule has 39 heavy (non-hydrogen) atoms. The summed E-state index contributed by atoms with van der Waals surface area (Å²) in [6.45, 7) is 7.04. The quantitative estimate of drug-likeness (QED) is 0.146. The molecule has 0 saturated heterocycles. The number of aliphatic hydroxyl groups is 1. The van der Waals surface area contributed by atoms with Crippen molar-refractivity contribution >= 4 is 22.1 Å². The molecule has 0 fully saturated rings. The summed E-state index contributed by atoms with van der Waals surface area (Å²) in [5.74, 6) is -0.983. The second-order valence-corrected chi connectivity index (χ2v) is 11.3. The van der Waals surface area contributed by atoms with E-state index in [-0.39, 0.29) is 17.0 Å². The highest BCUT2D eigenvalue weighted by Gasteiger charge is 2.19. The summed E-state index contributed by atoms with van der Waals surface area (Å²) < 4.78 is 37.0. The monoisotopic (exact) mass is 557 g/mol. The van der Waals surface area contributed by atoms with E-state index in [1.807, 2.05) is 0 Å². The lowest BCUT2D eigenvalue weighted by Gasteiger charge is -2.21. The van der Waals surface area contributed by atoms with Gasteiger partial charge in [-0.15, -0.1) is 0 Å². The zero-order chi connectivity index (χ0) is 29.1. The van der Waals surface area contributed by atoms with Crippen LogP contribution in [0.2, 0.25) is 0 Å². The molecule has 3 aromatic carbocycles. The Morgan fingerprint density at radius 3 is 1.77 bits per heavy atom. The van der Waals surface area contributed by atoms with Gasteiger partial charge >= 0.3 is 11.9 Å². The largest absolute Gasteiger partial charge is 0.419 e. The van der Waals surface area contributed by atoms with E-state index in [4.69, 9.17) is 14.0 Å². The lowest BCUT2D eigenvalue weighted by atomic mass is 10.0. The maximum Gasteiger partial charge on any atom is 0.343 e. The summed E-state index contributed by atoms with van der Waals surface area (Å²) in [6.07, 6.45) is 1.25. The minimum absolute atomic E-state index is 0.00798. The van der Waals surface area contributed by atoms with E-state index in [0.717, 1.165) is 13.0 Å². The number of benzene rings is 3. The van der Waals surface area contributed by atoms with Gasteiger partial charge in [0, 0.05) is 5.54 Å².